The van der Waals surface area contributed by atoms with Crippen molar-refractivity contribution >= 4 is 11.6 Å². The first-order valence-electron chi connectivity index (χ1n) is 2.17. The number of rotatable bonds is 3. The van der Waals surface area contributed by atoms with Crippen LogP contribution in [0.5, 0.6) is 0 Å². The molecule has 0 aliphatic rings. The van der Waals surface area contributed by atoms with Crippen LogP contribution in [-0.4, -0.2) is 28.8 Å². The molecule has 0 heterocycles. The minimum atomic E-state index is -0.273. The summed E-state index contributed by atoms with van der Waals surface area (Å²) >= 11 is 5.36. The van der Waals surface area contributed by atoms with Crippen LogP contribution in [0.4, 0.5) is 0 Å². The Hall–Kier alpha value is 0.210. The average Bonchev–Trinajstić information content (AvgIpc) is 1.68. The molecule has 3 heteroatoms. The van der Waals surface area contributed by atoms with Gasteiger partial charge in [-0.2, -0.15) is 0 Å². The van der Waals surface area contributed by atoms with Crippen LogP contribution < -0.4 is 0 Å². The smallest absolute Gasteiger partial charge is 0.0596 e. The van der Waals surface area contributed by atoms with Crippen molar-refractivity contribution in [1.29, 1.82) is 0 Å². The fourth-order valence-electron chi connectivity index (χ4n) is 0.231. The molecule has 0 aliphatic carbocycles. The van der Waals surface area contributed by atoms with E-state index in [1.54, 1.807) is 0 Å². The van der Waals surface area contributed by atoms with Crippen molar-refractivity contribution in [2.45, 2.75) is 11.8 Å². The van der Waals surface area contributed by atoms with E-state index in [2.05, 4.69) is 0 Å². The number of aliphatic hydroxyl groups excluding tert-OH is 2. The third kappa shape index (κ3) is 4.05. The number of alkyl halides is 1. The molecule has 0 amide bonds. The van der Waals surface area contributed by atoms with Gasteiger partial charge in [-0.1, -0.05) is 0 Å². The van der Waals surface area contributed by atoms with E-state index in [4.69, 9.17) is 21.8 Å². The molecular formula is C4H9ClO2. The van der Waals surface area contributed by atoms with E-state index >= 15 is 0 Å². The molecule has 0 rings (SSSR count). The molecule has 0 spiro atoms. The van der Waals surface area contributed by atoms with Crippen LogP contribution >= 0.6 is 11.6 Å². The van der Waals surface area contributed by atoms with Gasteiger partial charge >= 0.3 is 0 Å². The second kappa shape index (κ2) is 4.37. The lowest BCUT2D eigenvalue weighted by Gasteiger charge is -1.98. The molecule has 0 aromatic heterocycles. The van der Waals surface area contributed by atoms with Gasteiger partial charge in [-0.25, -0.2) is 0 Å². The van der Waals surface area contributed by atoms with Gasteiger partial charge in [0.05, 0.1) is 12.0 Å². The molecule has 0 aromatic carbocycles. The predicted molar refractivity (Wildman–Crippen MR) is 28.4 cm³/mol. The zero-order chi connectivity index (χ0) is 5.70. The van der Waals surface area contributed by atoms with E-state index < -0.39 is 0 Å². The lowest BCUT2D eigenvalue weighted by molar-refractivity contribution is 0.245. The second-order valence-corrected chi connectivity index (χ2v) is 1.91. The van der Waals surface area contributed by atoms with Crippen molar-refractivity contribution in [3.05, 3.63) is 0 Å². The van der Waals surface area contributed by atoms with Crippen molar-refractivity contribution < 1.29 is 10.2 Å². The standard InChI is InChI=1S/C4H9ClO2/c5-4(3-7)1-2-6/h4,6-7H,1-3H2/t4-/m0/s1. The first-order valence-corrected chi connectivity index (χ1v) is 2.60. The Morgan fingerprint density at radius 3 is 2.14 bits per heavy atom. The van der Waals surface area contributed by atoms with Crippen LogP contribution in [0, 0.1) is 0 Å². The van der Waals surface area contributed by atoms with E-state index in [1.807, 2.05) is 0 Å². The molecule has 44 valence electrons. The van der Waals surface area contributed by atoms with E-state index in [0.717, 1.165) is 0 Å². The van der Waals surface area contributed by atoms with Gasteiger partial charge in [0.15, 0.2) is 0 Å². The molecular weight excluding hydrogens is 115 g/mol. The zero-order valence-corrected chi connectivity index (χ0v) is 4.73. The minimum Gasteiger partial charge on any atom is -0.396 e. The first kappa shape index (κ1) is 7.21. The highest BCUT2D eigenvalue weighted by Crippen LogP contribution is 1.97. The summed E-state index contributed by atoms with van der Waals surface area (Å²) in [5.74, 6) is 0. The van der Waals surface area contributed by atoms with Gasteiger partial charge in [-0.05, 0) is 6.42 Å². The third-order valence-electron chi connectivity index (χ3n) is 0.640. The Kier molecular flexibility index (Phi) is 4.50. The molecule has 7 heavy (non-hydrogen) atoms. The summed E-state index contributed by atoms with van der Waals surface area (Å²) in [6, 6.07) is 0. The minimum absolute atomic E-state index is 0.0503. The number of hydrogen-bond donors (Lipinski definition) is 2. The Morgan fingerprint density at radius 1 is 1.43 bits per heavy atom. The molecule has 0 saturated heterocycles. The molecule has 0 fully saturated rings. The summed E-state index contributed by atoms with van der Waals surface area (Å²) in [6.07, 6.45) is 0.470. The van der Waals surface area contributed by atoms with Crippen molar-refractivity contribution in [2.75, 3.05) is 13.2 Å². The Labute approximate surface area is 47.7 Å². The Balaban J connectivity index is 2.83. The highest BCUT2D eigenvalue weighted by Gasteiger charge is 1.97. The van der Waals surface area contributed by atoms with Gasteiger partial charge in [-0.15, -0.1) is 11.6 Å². The van der Waals surface area contributed by atoms with Crippen molar-refractivity contribution in [1.82, 2.24) is 0 Å². The quantitative estimate of drug-likeness (QED) is 0.519. The number of hydrogen-bond acceptors (Lipinski definition) is 2. The SMILES string of the molecule is OCC[C@H](Cl)CO. The van der Waals surface area contributed by atoms with Crippen LogP contribution in [0.1, 0.15) is 6.42 Å². The molecule has 0 aromatic rings. The maximum atomic E-state index is 8.22. The maximum Gasteiger partial charge on any atom is 0.0596 e. The number of aliphatic hydroxyl groups is 2. The largest absolute Gasteiger partial charge is 0.396 e. The third-order valence-corrected chi connectivity index (χ3v) is 0.997. The highest BCUT2D eigenvalue weighted by molar-refractivity contribution is 6.20. The van der Waals surface area contributed by atoms with E-state index in [0.29, 0.717) is 6.42 Å². The summed E-state index contributed by atoms with van der Waals surface area (Å²) < 4.78 is 0. The number of halogens is 1. The van der Waals surface area contributed by atoms with Crippen molar-refractivity contribution in [3.63, 3.8) is 0 Å². The zero-order valence-electron chi connectivity index (χ0n) is 3.97. The summed E-state index contributed by atoms with van der Waals surface area (Å²) in [7, 11) is 0. The molecule has 2 nitrogen and oxygen atoms in total. The first-order chi connectivity index (χ1) is 3.31. The second-order valence-electron chi connectivity index (χ2n) is 1.29. The lowest BCUT2D eigenvalue weighted by Crippen LogP contribution is -2.05. The Bertz CT molecular complexity index is 40.7. The van der Waals surface area contributed by atoms with Gasteiger partial charge in [0.25, 0.3) is 0 Å². The van der Waals surface area contributed by atoms with Crippen LogP contribution in [0.25, 0.3) is 0 Å². The van der Waals surface area contributed by atoms with Gasteiger partial charge in [0.2, 0.25) is 0 Å². The summed E-state index contributed by atoms with van der Waals surface area (Å²) in [5.41, 5.74) is 0. The molecule has 0 bridgehead atoms. The van der Waals surface area contributed by atoms with E-state index in [-0.39, 0.29) is 18.6 Å². The Morgan fingerprint density at radius 2 is 2.00 bits per heavy atom. The lowest BCUT2D eigenvalue weighted by atomic mass is 10.3. The molecule has 1 atom stereocenters. The van der Waals surface area contributed by atoms with Gasteiger partial charge in [0.1, 0.15) is 0 Å². The molecule has 0 unspecified atom stereocenters. The molecule has 0 saturated carbocycles. The van der Waals surface area contributed by atoms with Crippen LogP contribution in [-0.2, 0) is 0 Å². The van der Waals surface area contributed by atoms with E-state index in [1.165, 1.54) is 0 Å². The highest BCUT2D eigenvalue weighted by atomic mass is 35.5. The van der Waals surface area contributed by atoms with Crippen LogP contribution in [0.2, 0.25) is 0 Å². The normalized spacial score (nSPS) is 14.1. The fourth-order valence-corrected chi connectivity index (χ4v) is 0.329. The average molecular weight is 125 g/mol. The van der Waals surface area contributed by atoms with Crippen molar-refractivity contribution in [3.8, 4) is 0 Å². The summed E-state index contributed by atoms with van der Waals surface area (Å²) in [4.78, 5) is 0. The van der Waals surface area contributed by atoms with Gasteiger partial charge in [0, 0.05) is 6.61 Å². The van der Waals surface area contributed by atoms with E-state index in [9.17, 15) is 0 Å². The molecule has 0 aliphatic heterocycles. The molecule has 0 radical (unpaired) electrons. The van der Waals surface area contributed by atoms with Gasteiger partial charge < -0.3 is 10.2 Å². The van der Waals surface area contributed by atoms with Crippen LogP contribution in [0.3, 0.4) is 0 Å². The maximum absolute atomic E-state index is 8.22. The topological polar surface area (TPSA) is 40.5 Å². The predicted octanol–water partition coefficient (Wildman–Crippen LogP) is -0.0315. The fraction of sp³-hybridized carbons (Fsp3) is 1.00. The summed E-state index contributed by atoms with van der Waals surface area (Å²) in [6.45, 7) is -0.00313. The molecule has 2 N–H and O–H groups in total. The van der Waals surface area contributed by atoms with Crippen LogP contribution in [0.15, 0.2) is 0 Å². The van der Waals surface area contributed by atoms with Crippen molar-refractivity contribution in [2.24, 2.45) is 0 Å². The monoisotopic (exact) mass is 124 g/mol. The van der Waals surface area contributed by atoms with Gasteiger partial charge in [-0.3, -0.25) is 0 Å². The summed E-state index contributed by atoms with van der Waals surface area (Å²) in [5, 5.41) is 16.1.